The molecule has 4 nitrogen and oxygen atoms in total. The molecule has 0 aromatic heterocycles. The first-order valence-corrected chi connectivity index (χ1v) is 20.2. The van der Waals surface area contributed by atoms with E-state index in [1.54, 1.807) is 0 Å². The van der Waals surface area contributed by atoms with Crippen LogP contribution in [0.3, 0.4) is 0 Å². The van der Waals surface area contributed by atoms with Crippen LogP contribution in [-0.4, -0.2) is 18.5 Å². The summed E-state index contributed by atoms with van der Waals surface area (Å²) in [6, 6.07) is 22.7. The third-order valence-electron chi connectivity index (χ3n) is 11.7. The summed E-state index contributed by atoms with van der Waals surface area (Å²) in [5.41, 5.74) is 7.09. The van der Waals surface area contributed by atoms with Gasteiger partial charge < -0.3 is 9.47 Å². The van der Waals surface area contributed by atoms with Gasteiger partial charge in [-0.15, -0.1) is 0 Å². The number of carbonyl (C=O) groups is 2. The highest BCUT2D eigenvalue weighted by atomic mass is 16.6. The van der Waals surface area contributed by atoms with Crippen LogP contribution in [-0.2, 0) is 9.47 Å². The molecule has 3 atom stereocenters. The Bertz CT molecular complexity index is 1500. The Kier molecular flexibility index (Phi) is 14.6. The molecule has 2 aliphatic rings. The Labute approximate surface area is 302 Å². The topological polar surface area (TPSA) is 52.6 Å². The van der Waals surface area contributed by atoms with E-state index < -0.39 is 6.10 Å². The molecule has 50 heavy (non-hydrogen) atoms. The van der Waals surface area contributed by atoms with Gasteiger partial charge in [0, 0.05) is 0 Å². The van der Waals surface area contributed by atoms with Crippen molar-refractivity contribution in [3.8, 4) is 0 Å². The third kappa shape index (κ3) is 9.68. The van der Waals surface area contributed by atoms with E-state index in [4.69, 9.17) is 9.47 Å². The Morgan fingerprint density at radius 1 is 0.600 bits per heavy atom. The Morgan fingerprint density at radius 3 is 1.54 bits per heavy atom. The summed E-state index contributed by atoms with van der Waals surface area (Å²) < 4.78 is 12.4. The predicted octanol–water partition coefficient (Wildman–Crippen LogP) is 13.1. The molecule has 0 amide bonds. The number of benzene rings is 3. The molecule has 0 bridgehead atoms. The normalized spacial score (nSPS) is 17.5. The van der Waals surface area contributed by atoms with Gasteiger partial charge in [-0.05, 0) is 115 Å². The Morgan fingerprint density at radius 2 is 1.08 bits per heavy atom. The summed E-state index contributed by atoms with van der Waals surface area (Å²) in [7, 11) is 0. The molecule has 3 aromatic rings. The zero-order chi connectivity index (χ0) is 35.3. The summed E-state index contributed by atoms with van der Waals surface area (Å²) in [5.74, 6) is 1.08. The fourth-order valence-electron chi connectivity index (χ4n) is 8.74. The molecule has 0 N–H and O–H groups in total. The molecule has 0 spiro atoms. The van der Waals surface area contributed by atoms with Crippen LogP contribution in [0, 0.1) is 0 Å². The first-order chi connectivity index (χ1) is 24.5. The predicted molar refractivity (Wildman–Crippen MR) is 205 cm³/mol. The lowest BCUT2D eigenvalue weighted by molar-refractivity contribution is -0.00154. The van der Waals surface area contributed by atoms with Gasteiger partial charge in [0.05, 0.1) is 11.1 Å². The number of hydrogen-bond donors (Lipinski definition) is 0. The van der Waals surface area contributed by atoms with E-state index >= 15 is 0 Å². The SMILES string of the molecule is CCCC(CC)c1ccc(C(=O)OCC(OC(=O)c2ccc(C(CC)CCC)cc2C2CCCCC2)c2ccccc2)c(C2CCCCC2)c1. The van der Waals surface area contributed by atoms with Gasteiger partial charge >= 0.3 is 11.9 Å². The standard InChI is InChI=1S/C46H62O4/c1-5-18-33(7-3)38-26-28-40(42(30-38)35-20-12-9-13-21-35)45(47)49-32-44(37-24-16-11-17-25-37)50-46(48)41-29-27-39(34(8-4)19-6-2)31-43(41)36-22-14-10-15-23-36/h11,16-17,24-31,33-36,44H,5-10,12-15,18-23,32H2,1-4H3. The molecule has 4 heteroatoms. The molecule has 0 heterocycles. The van der Waals surface area contributed by atoms with Crippen molar-refractivity contribution < 1.29 is 19.1 Å². The van der Waals surface area contributed by atoms with Gasteiger partial charge in [0.15, 0.2) is 6.10 Å². The third-order valence-corrected chi connectivity index (χ3v) is 11.7. The molecular formula is C46H62O4. The highest BCUT2D eigenvalue weighted by Crippen LogP contribution is 2.39. The van der Waals surface area contributed by atoms with E-state index in [1.165, 1.54) is 49.7 Å². The van der Waals surface area contributed by atoms with Gasteiger partial charge in [-0.1, -0.05) is 134 Å². The van der Waals surface area contributed by atoms with Crippen LogP contribution in [0.25, 0.3) is 0 Å². The molecule has 0 aliphatic heterocycles. The second-order valence-corrected chi connectivity index (χ2v) is 15.1. The van der Waals surface area contributed by atoms with E-state index in [-0.39, 0.29) is 18.5 Å². The van der Waals surface area contributed by atoms with Gasteiger partial charge in [0.25, 0.3) is 0 Å². The van der Waals surface area contributed by atoms with E-state index in [0.29, 0.717) is 34.8 Å². The van der Waals surface area contributed by atoms with Crippen LogP contribution >= 0.6 is 0 Å². The number of carbonyl (C=O) groups excluding carboxylic acids is 2. The summed E-state index contributed by atoms with van der Waals surface area (Å²) in [6.07, 6.45) is 17.8. The van der Waals surface area contributed by atoms with Gasteiger partial charge in [-0.2, -0.15) is 0 Å². The molecule has 2 aliphatic carbocycles. The largest absolute Gasteiger partial charge is 0.458 e. The summed E-state index contributed by atoms with van der Waals surface area (Å²) in [5, 5.41) is 0. The van der Waals surface area contributed by atoms with E-state index in [9.17, 15) is 9.59 Å². The molecule has 0 saturated heterocycles. The van der Waals surface area contributed by atoms with Crippen LogP contribution < -0.4 is 0 Å². The van der Waals surface area contributed by atoms with Crippen molar-refractivity contribution in [3.05, 3.63) is 106 Å². The van der Waals surface area contributed by atoms with E-state index in [0.717, 1.165) is 80.9 Å². The van der Waals surface area contributed by atoms with E-state index in [1.807, 2.05) is 42.5 Å². The van der Waals surface area contributed by atoms with Crippen LogP contribution in [0.1, 0.15) is 209 Å². The van der Waals surface area contributed by atoms with Gasteiger partial charge in [-0.25, -0.2) is 9.59 Å². The Hall–Kier alpha value is -3.40. The first kappa shape index (κ1) is 37.8. The lowest BCUT2D eigenvalue weighted by Gasteiger charge is -2.27. The van der Waals surface area contributed by atoms with Crippen LogP contribution in [0.15, 0.2) is 66.7 Å². The summed E-state index contributed by atoms with van der Waals surface area (Å²) >= 11 is 0. The van der Waals surface area contributed by atoms with E-state index in [2.05, 4.69) is 52.0 Å². The maximum Gasteiger partial charge on any atom is 0.339 e. The average molecular weight is 679 g/mol. The zero-order valence-electron chi connectivity index (χ0n) is 31.4. The van der Waals surface area contributed by atoms with Crippen LogP contribution in [0.4, 0.5) is 0 Å². The highest BCUT2D eigenvalue weighted by Gasteiger charge is 2.29. The lowest BCUT2D eigenvalue weighted by atomic mass is 9.80. The summed E-state index contributed by atoms with van der Waals surface area (Å²) in [4.78, 5) is 28.1. The number of esters is 2. The first-order valence-electron chi connectivity index (χ1n) is 20.2. The van der Waals surface area contributed by atoms with Crippen molar-refractivity contribution in [2.24, 2.45) is 0 Å². The Balaban J connectivity index is 1.40. The molecular weight excluding hydrogens is 617 g/mol. The number of ether oxygens (including phenoxy) is 2. The fraction of sp³-hybridized carbons (Fsp3) is 0.565. The molecule has 270 valence electrons. The van der Waals surface area contributed by atoms with Gasteiger partial charge in [0.2, 0.25) is 0 Å². The van der Waals surface area contributed by atoms with Crippen molar-refractivity contribution >= 4 is 11.9 Å². The van der Waals surface area contributed by atoms with Crippen molar-refractivity contribution in [3.63, 3.8) is 0 Å². The molecule has 0 radical (unpaired) electrons. The minimum Gasteiger partial charge on any atom is -0.458 e. The van der Waals surface area contributed by atoms with Gasteiger partial charge in [0.1, 0.15) is 6.61 Å². The van der Waals surface area contributed by atoms with Gasteiger partial charge in [-0.3, -0.25) is 0 Å². The minimum atomic E-state index is -0.707. The van der Waals surface area contributed by atoms with Crippen LogP contribution in [0.2, 0.25) is 0 Å². The maximum absolute atomic E-state index is 14.2. The molecule has 5 rings (SSSR count). The molecule has 2 fully saturated rings. The molecule has 2 saturated carbocycles. The monoisotopic (exact) mass is 678 g/mol. The lowest BCUT2D eigenvalue weighted by Crippen LogP contribution is -2.22. The number of hydrogen-bond acceptors (Lipinski definition) is 4. The van der Waals surface area contributed by atoms with Crippen LogP contribution in [0.5, 0.6) is 0 Å². The molecule has 3 unspecified atom stereocenters. The second kappa shape index (κ2) is 19.3. The van der Waals surface area contributed by atoms with Crippen molar-refractivity contribution in [2.75, 3.05) is 6.61 Å². The zero-order valence-corrected chi connectivity index (χ0v) is 31.4. The smallest absolute Gasteiger partial charge is 0.339 e. The average Bonchev–Trinajstić information content (AvgIpc) is 3.18. The van der Waals surface area contributed by atoms with Crippen molar-refractivity contribution in [1.82, 2.24) is 0 Å². The highest BCUT2D eigenvalue weighted by molar-refractivity contribution is 5.92. The second-order valence-electron chi connectivity index (χ2n) is 15.1. The number of rotatable bonds is 16. The summed E-state index contributed by atoms with van der Waals surface area (Å²) in [6.45, 7) is 8.98. The minimum absolute atomic E-state index is 0.0287. The maximum atomic E-state index is 14.2. The molecule has 3 aromatic carbocycles. The van der Waals surface area contributed by atoms with Crippen molar-refractivity contribution in [2.45, 2.75) is 160 Å². The fourth-order valence-corrected chi connectivity index (χ4v) is 8.74. The van der Waals surface area contributed by atoms with Crippen molar-refractivity contribution in [1.29, 1.82) is 0 Å². The quantitative estimate of drug-likeness (QED) is 0.142.